The third kappa shape index (κ3) is 2.40. The average Bonchev–Trinajstić information content (AvgIpc) is 2.90. The van der Waals surface area contributed by atoms with E-state index in [2.05, 4.69) is 22.1 Å². The lowest BCUT2D eigenvalue weighted by Gasteiger charge is -2.15. The van der Waals surface area contributed by atoms with Crippen LogP contribution in [0.4, 0.5) is 0 Å². The second-order valence-corrected chi connectivity index (χ2v) is 4.98. The summed E-state index contributed by atoms with van der Waals surface area (Å²) in [6.45, 7) is 1.18. The molecule has 2 aromatic rings. The van der Waals surface area contributed by atoms with Gasteiger partial charge in [-0.2, -0.15) is 0 Å². The summed E-state index contributed by atoms with van der Waals surface area (Å²) < 4.78 is 0. The molecule has 0 aliphatic carbocycles. The van der Waals surface area contributed by atoms with Crippen LogP contribution in [0.1, 0.15) is 22.0 Å². The third-order valence-corrected chi connectivity index (χ3v) is 3.66. The fourth-order valence-corrected chi connectivity index (χ4v) is 2.62. The molecule has 2 heterocycles. The summed E-state index contributed by atoms with van der Waals surface area (Å²) >= 11 is 0. The SMILES string of the molecule is N[C@@H]1CN(C(=O)c2cnccn2)C[C@H]1c1ccccc1. The van der Waals surface area contributed by atoms with Crippen LogP contribution >= 0.6 is 0 Å². The zero-order valence-corrected chi connectivity index (χ0v) is 11.0. The molecule has 102 valence electrons. The van der Waals surface area contributed by atoms with Crippen LogP contribution in [0, 0.1) is 0 Å². The molecule has 1 aliphatic heterocycles. The Labute approximate surface area is 117 Å². The van der Waals surface area contributed by atoms with Crippen LogP contribution in [0.2, 0.25) is 0 Å². The quantitative estimate of drug-likeness (QED) is 0.883. The molecule has 0 unspecified atom stereocenters. The zero-order chi connectivity index (χ0) is 13.9. The Morgan fingerprint density at radius 2 is 2.00 bits per heavy atom. The molecule has 1 amide bonds. The molecule has 1 fully saturated rings. The van der Waals surface area contributed by atoms with Crippen LogP contribution in [0.5, 0.6) is 0 Å². The molecular weight excluding hydrogens is 252 g/mol. The van der Waals surface area contributed by atoms with Crippen molar-refractivity contribution in [2.45, 2.75) is 12.0 Å². The average molecular weight is 268 g/mol. The number of likely N-dealkylation sites (tertiary alicyclic amines) is 1. The number of carbonyl (C=O) groups is 1. The van der Waals surface area contributed by atoms with Gasteiger partial charge < -0.3 is 10.6 Å². The molecule has 0 spiro atoms. The zero-order valence-electron chi connectivity index (χ0n) is 11.0. The number of benzene rings is 1. The lowest BCUT2D eigenvalue weighted by molar-refractivity contribution is 0.0783. The maximum Gasteiger partial charge on any atom is 0.274 e. The van der Waals surface area contributed by atoms with Gasteiger partial charge in [-0.05, 0) is 5.56 Å². The van der Waals surface area contributed by atoms with Crippen LogP contribution < -0.4 is 5.73 Å². The Kier molecular flexibility index (Phi) is 3.43. The standard InChI is InChI=1S/C15H16N4O/c16-13-10-19(15(20)14-8-17-6-7-18-14)9-12(13)11-4-2-1-3-5-11/h1-8,12-13H,9-10,16H2/t12-,13+/m0/s1. The highest BCUT2D eigenvalue weighted by Crippen LogP contribution is 2.26. The summed E-state index contributed by atoms with van der Waals surface area (Å²) in [7, 11) is 0. The van der Waals surface area contributed by atoms with Crippen molar-refractivity contribution in [2.24, 2.45) is 5.73 Å². The first-order valence-corrected chi connectivity index (χ1v) is 6.61. The summed E-state index contributed by atoms with van der Waals surface area (Å²) in [6.07, 6.45) is 4.57. The molecule has 0 radical (unpaired) electrons. The van der Waals surface area contributed by atoms with Crippen molar-refractivity contribution >= 4 is 5.91 Å². The van der Waals surface area contributed by atoms with Crippen molar-refractivity contribution in [3.63, 3.8) is 0 Å². The Bertz CT molecular complexity index is 587. The summed E-state index contributed by atoms with van der Waals surface area (Å²) in [5.41, 5.74) is 7.73. The van der Waals surface area contributed by atoms with Crippen molar-refractivity contribution in [1.82, 2.24) is 14.9 Å². The van der Waals surface area contributed by atoms with E-state index in [-0.39, 0.29) is 17.9 Å². The molecule has 1 aliphatic rings. The van der Waals surface area contributed by atoms with E-state index in [1.807, 2.05) is 18.2 Å². The minimum Gasteiger partial charge on any atom is -0.335 e. The number of hydrogen-bond acceptors (Lipinski definition) is 4. The molecule has 0 bridgehead atoms. The normalized spacial score (nSPS) is 21.9. The Balaban J connectivity index is 1.77. The minimum atomic E-state index is -0.105. The van der Waals surface area contributed by atoms with Crippen LogP contribution in [-0.4, -0.2) is 39.9 Å². The lowest BCUT2D eigenvalue weighted by Crippen LogP contribution is -2.32. The van der Waals surface area contributed by atoms with E-state index < -0.39 is 0 Å². The lowest BCUT2D eigenvalue weighted by atomic mass is 9.95. The van der Waals surface area contributed by atoms with Gasteiger partial charge in [-0.1, -0.05) is 30.3 Å². The Hall–Kier alpha value is -2.27. The van der Waals surface area contributed by atoms with Gasteiger partial charge in [0.1, 0.15) is 5.69 Å². The number of nitrogens with two attached hydrogens (primary N) is 1. The first-order chi connectivity index (χ1) is 9.75. The minimum absolute atomic E-state index is 0.0435. The molecule has 20 heavy (non-hydrogen) atoms. The van der Waals surface area contributed by atoms with Crippen molar-refractivity contribution in [3.8, 4) is 0 Å². The summed E-state index contributed by atoms with van der Waals surface area (Å²) in [6, 6.07) is 10.0. The molecule has 2 atom stereocenters. The predicted octanol–water partition coefficient (Wildman–Crippen LogP) is 1.04. The topological polar surface area (TPSA) is 72.1 Å². The van der Waals surface area contributed by atoms with Crippen LogP contribution in [0.15, 0.2) is 48.9 Å². The maximum absolute atomic E-state index is 12.3. The van der Waals surface area contributed by atoms with Crippen molar-refractivity contribution in [2.75, 3.05) is 13.1 Å². The van der Waals surface area contributed by atoms with Crippen molar-refractivity contribution < 1.29 is 4.79 Å². The molecule has 2 N–H and O–H groups in total. The largest absolute Gasteiger partial charge is 0.335 e. The van der Waals surface area contributed by atoms with Gasteiger partial charge in [-0.25, -0.2) is 4.98 Å². The van der Waals surface area contributed by atoms with E-state index in [1.54, 1.807) is 11.1 Å². The first-order valence-electron chi connectivity index (χ1n) is 6.61. The summed E-state index contributed by atoms with van der Waals surface area (Å²) in [5.74, 6) is 0.0730. The van der Waals surface area contributed by atoms with Gasteiger partial charge in [0.2, 0.25) is 0 Å². The maximum atomic E-state index is 12.3. The van der Waals surface area contributed by atoms with E-state index in [9.17, 15) is 4.79 Å². The highest BCUT2D eigenvalue weighted by Gasteiger charge is 2.34. The number of amides is 1. The van der Waals surface area contributed by atoms with Gasteiger partial charge in [0, 0.05) is 37.4 Å². The van der Waals surface area contributed by atoms with Gasteiger partial charge in [-0.15, -0.1) is 0 Å². The van der Waals surface area contributed by atoms with Crippen LogP contribution in [0.3, 0.4) is 0 Å². The molecule has 1 saturated heterocycles. The number of carbonyl (C=O) groups excluding carboxylic acids is 1. The summed E-state index contributed by atoms with van der Waals surface area (Å²) in [5, 5.41) is 0. The monoisotopic (exact) mass is 268 g/mol. The van der Waals surface area contributed by atoms with Gasteiger partial charge >= 0.3 is 0 Å². The van der Waals surface area contributed by atoms with Crippen LogP contribution in [0.25, 0.3) is 0 Å². The number of hydrogen-bond donors (Lipinski definition) is 1. The number of rotatable bonds is 2. The Morgan fingerprint density at radius 1 is 1.20 bits per heavy atom. The first kappa shape index (κ1) is 12.7. The molecular formula is C15H16N4O. The molecule has 1 aromatic heterocycles. The van der Waals surface area contributed by atoms with E-state index in [0.29, 0.717) is 18.8 Å². The van der Waals surface area contributed by atoms with E-state index >= 15 is 0 Å². The fraction of sp³-hybridized carbons (Fsp3) is 0.267. The van der Waals surface area contributed by atoms with E-state index in [0.717, 1.165) is 0 Å². The fourth-order valence-electron chi connectivity index (χ4n) is 2.62. The van der Waals surface area contributed by atoms with Gasteiger partial charge in [-0.3, -0.25) is 9.78 Å². The molecule has 5 heteroatoms. The third-order valence-electron chi connectivity index (χ3n) is 3.66. The van der Waals surface area contributed by atoms with Gasteiger partial charge in [0.25, 0.3) is 5.91 Å². The van der Waals surface area contributed by atoms with E-state index in [1.165, 1.54) is 18.0 Å². The smallest absolute Gasteiger partial charge is 0.274 e. The predicted molar refractivity (Wildman–Crippen MR) is 75.1 cm³/mol. The number of nitrogens with zero attached hydrogens (tertiary/aromatic N) is 3. The molecule has 1 aromatic carbocycles. The highest BCUT2D eigenvalue weighted by molar-refractivity contribution is 5.92. The second-order valence-electron chi connectivity index (χ2n) is 4.98. The number of aromatic nitrogens is 2. The van der Waals surface area contributed by atoms with Crippen molar-refractivity contribution in [1.29, 1.82) is 0 Å². The molecule has 3 rings (SSSR count). The Morgan fingerprint density at radius 3 is 2.70 bits per heavy atom. The van der Waals surface area contributed by atoms with Gasteiger partial charge in [0.15, 0.2) is 0 Å². The molecule has 0 saturated carbocycles. The summed E-state index contributed by atoms with van der Waals surface area (Å²) in [4.78, 5) is 22.1. The second kappa shape index (κ2) is 5.38. The van der Waals surface area contributed by atoms with E-state index in [4.69, 9.17) is 5.73 Å². The van der Waals surface area contributed by atoms with Crippen LogP contribution in [-0.2, 0) is 0 Å². The van der Waals surface area contributed by atoms with Gasteiger partial charge in [0.05, 0.1) is 6.20 Å². The highest BCUT2D eigenvalue weighted by atomic mass is 16.2. The van der Waals surface area contributed by atoms with Crippen molar-refractivity contribution in [3.05, 3.63) is 60.2 Å². The molecule has 5 nitrogen and oxygen atoms in total.